The Labute approximate surface area is 153 Å². The number of halogens is 3. The van der Waals surface area contributed by atoms with E-state index in [0.717, 1.165) is 41.0 Å². The van der Waals surface area contributed by atoms with Gasteiger partial charge in [0, 0.05) is 24.0 Å². The molecule has 0 atom stereocenters. The van der Waals surface area contributed by atoms with Crippen LogP contribution in [-0.4, -0.2) is 20.7 Å². The zero-order valence-electron chi connectivity index (χ0n) is 14.7. The van der Waals surface area contributed by atoms with Crippen molar-refractivity contribution in [3.8, 4) is 5.69 Å². The third kappa shape index (κ3) is 3.99. The monoisotopic (exact) mass is 374 g/mol. The number of hydrogen-bond acceptors (Lipinski definition) is 3. The lowest BCUT2D eigenvalue weighted by atomic mass is 10.2. The largest absolute Gasteiger partial charge is 0.433 e. The average Bonchev–Trinajstić information content (AvgIpc) is 2.94. The Morgan fingerprint density at radius 3 is 2.41 bits per heavy atom. The highest BCUT2D eigenvalue weighted by Crippen LogP contribution is 2.27. The number of pyridine rings is 1. The van der Waals surface area contributed by atoms with E-state index in [1.807, 2.05) is 44.2 Å². The summed E-state index contributed by atoms with van der Waals surface area (Å²) in [7, 11) is 0. The number of alkyl halides is 3. The first-order valence-corrected chi connectivity index (χ1v) is 8.19. The van der Waals surface area contributed by atoms with Crippen molar-refractivity contribution >= 4 is 5.91 Å². The van der Waals surface area contributed by atoms with Gasteiger partial charge in [-0.05, 0) is 38.1 Å². The number of amides is 1. The van der Waals surface area contributed by atoms with Crippen molar-refractivity contribution in [3.05, 3.63) is 76.9 Å². The van der Waals surface area contributed by atoms with Crippen LogP contribution in [0.4, 0.5) is 13.2 Å². The molecule has 0 unspecified atom stereocenters. The van der Waals surface area contributed by atoms with Crippen LogP contribution in [0, 0.1) is 13.8 Å². The summed E-state index contributed by atoms with van der Waals surface area (Å²) in [6, 6.07) is 11.5. The van der Waals surface area contributed by atoms with Gasteiger partial charge >= 0.3 is 6.18 Å². The summed E-state index contributed by atoms with van der Waals surface area (Å²) in [5, 5.41) is 7.20. The molecule has 2 aromatic heterocycles. The SMILES string of the molecule is Cc1nn(-c2ccccc2)c(C)c1CNC(=O)c1ccc(C(F)(F)F)nc1. The Balaban J connectivity index is 1.73. The number of benzene rings is 1. The molecule has 1 aromatic carbocycles. The van der Waals surface area contributed by atoms with Crippen LogP contribution in [0.1, 0.15) is 33.0 Å². The fourth-order valence-electron chi connectivity index (χ4n) is 2.72. The molecule has 8 heteroatoms. The summed E-state index contributed by atoms with van der Waals surface area (Å²) in [5.74, 6) is -0.498. The predicted octanol–water partition coefficient (Wildman–Crippen LogP) is 3.83. The van der Waals surface area contributed by atoms with Gasteiger partial charge in [0.25, 0.3) is 5.91 Å². The maximum absolute atomic E-state index is 12.5. The lowest BCUT2D eigenvalue weighted by Gasteiger charge is -2.08. The van der Waals surface area contributed by atoms with E-state index in [9.17, 15) is 18.0 Å². The van der Waals surface area contributed by atoms with Crippen LogP contribution in [0.25, 0.3) is 5.69 Å². The number of nitrogens with one attached hydrogen (secondary N) is 1. The van der Waals surface area contributed by atoms with E-state index < -0.39 is 17.8 Å². The topological polar surface area (TPSA) is 59.8 Å². The molecule has 3 aromatic rings. The highest BCUT2D eigenvalue weighted by atomic mass is 19.4. The van der Waals surface area contributed by atoms with Crippen LogP contribution in [0.15, 0.2) is 48.7 Å². The van der Waals surface area contributed by atoms with Gasteiger partial charge in [-0.3, -0.25) is 9.78 Å². The molecule has 0 spiro atoms. The van der Waals surface area contributed by atoms with Gasteiger partial charge in [0.1, 0.15) is 5.69 Å². The van der Waals surface area contributed by atoms with E-state index in [1.54, 1.807) is 4.68 Å². The number of aromatic nitrogens is 3. The first-order chi connectivity index (χ1) is 12.8. The van der Waals surface area contributed by atoms with Gasteiger partial charge in [-0.2, -0.15) is 18.3 Å². The Hall–Kier alpha value is -3.16. The van der Waals surface area contributed by atoms with Crippen molar-refractivity contribution < 1.29 is 18.0 Å². The van der Waals surface area contributed by atoms with E-state index in [1.165, 1.54) is 0 Å². The van der Waals surface area contributed by atoms with Gasteiger partial charge in [-0.1, -0.05) is 18.2 Å². The lowest BCUT2D eigenvalue weighted by molar-refractivity contribution is -0.141. The number of carbonyl (C=O) groups excluding carboxylic acids is 1. The second-order valence-electron chi connectivity index (χ2n) is 6.01. The summed E-state index contributed by atoms with van der Waals surface area (Å²) in [6.07, 6.45) is -3.61. The molecule has 5 nitrogen and oxygen atoms in total. The zero-order chi connectivity index (χ0) is 19.6. The van der Waals surface area contributed by atoms with Crippen LogP contribution < -0.4 is 5.32 Å². The summed E-state index contributed by atoms with van der Waals surface area (Å²) in [6.45, 7) is 3.95. The molecule has 1 amide bonds. The summed E-state index contributed by atoms with van der Waals surface area (Å²) < 4.78 is 39.4. The second-order valence-corrected chi connectivity index (χ2v) is 6.01. The molecular formula is C19H17F3N4O. The van der Waals surface area contributed by atoms with E-state index in [4.69, 9.17) is 0 Å². The molecule has 0 saturated carbocycles. The van der Waals surface area contributed by atoms with Gasteiger partial charge < -0.3 is 5.32 Å². The van der Waals surface area contributed by atoms with E-state index in [-0.39, 0.29) is 12.1 Å². The Morgan fingerprint density at radius 1 is 1.11 bits per heavy atom. The minimum atomic E-state index is -4.53. The quantitative estimate of drug-likeness (QED) is 0.755. The first kappa shape index (κ1) is 18.6. The highest BCUT2D eigenvalue weighted by molar-refractivity contribution is 5.93. The highest BCUT2D eigenvalue weighted by Gasteiger charge is 2.32. The normalized spacial score (nSPS) is 11.4. The van der Waals surface area contributed by atoms with Gasteiger partial charge in [0.15, 0.2) is 0 Å². The van der Waals surface area contributed by atoms with Gasteiger partial charge in [0.2, 0.25) is 0 Å². The fraction of sp³-hybridized carbons (Fsp3) is 0.211. The molecule has 2 heterocycles. The minimum absolute atomic E-state index is 0.0637. The lowest BCUT2D eigenvalue weighted by Crippen LogP contribution is -2.24. The van der Waals surface area contributed by atoms with Crippen molar-refractivity contribution in [3.63, 3.8) is 0 Å². The molecule has 0 bridgehead atoms. The van der Waals surface area contributed by atoms with E-state index in [0.29, 0.717) is 0 Å². The third-order valence-corrected chi connectivity index (χ3v) is 4.18. The van der Waals surface area contributed by atoms with Crippen LogP contribution in [0.5, 0.6) is 0 Å². The Morgan fingerprint density at radius 2 is 1.81 bits per heavy atom. The minimum Gasteiger partial charge on any atom is -0.348 e. The smallest absolute Gasteiger partial charge is 0.348 e. The van der Waals surface area contributed by atoms with Crippen LogP contribution in [0.2, 0.25) is 0 Å². The fourth-order valence-corrected chi connectivity index (χ4v) is 2.72. The number of carbonyl (C=O) groups is 1. The number of nitrogens with zero attached hydrogens (tertiary/aromatic N) is 3. The van der Waals surface area contributed by atoms with Gasteiger partial charge in [0.05, 0.1) is 16.9 Å². The molecule has 1 N–H and O–H groups in total. The van der Waals surface area contributed by atoms with Crippen LogP contribution in [0.3, 0.4) is 0 Å². The van der Waals surface area contributed by atoms with Crippen LogP contribution in [-0.2, 0) is 12.7 Å². The zero-order valence-corrected chi connectivity index (χ0v) is 14.7. The number of aryl methyl sites for hydroxylation is 1. The summed E-state index contributed by atoms with van der Waals surface area (Å²) in [4.78, 5) is 15.5. The molecule has 3 rings (SSSR count). The molecular weight excluding hydrogens is 357 g/mol. The number of para-hydroxylation sites is 1. The van der Waals surface area contributed by atoms with Gasteiger partial charge in [-0.25, -0.2) is 4.68 Å². The first-order valence-electron chi connectivity index (χ1n) is 8.19. The summed E-state index contributed by atoms with van der Waals surface area (Å²) >= 11 is 0. The number of hydrogen-bond donors (Lipinski definition) is 1. The van der Waals surface area contributed by atoms with E-state index in [2.05, 4.69) is 15.4 Å². The number of rotatable bonds is 4. The maximum atomic E-state index is 12.5. The molecule has 0 saturated heterocycles. The van der Waals surface area contributed by atoms with Crippen molar-refractivity contribution in [2.24, 2.45) is 0 Å². The molecule has 0 aliphatic carbocycles. The van der Waals surface area contributed by atoms with Crippen molar-refractivity contribution in [1.82, 2.24) is 20.1 Å². The summed E-state index contributed by atoms with van der Waals surface area (Å²) in [5.41, 5.74) is 2.44. The van der Waals surface area contributed by atoms with Gasteiger partial charge in [-0.15, -0.1) is 0 Å². The van der Waals surface area contributed by atoms with E-state index >= 15 is 0 Å². The molecule has 0 fully saturated rings. The predicted molar refractivity (Wildman–Crippen MR) is 93.4 cm³/mol. The molecule has 27 heavy (non-hydrogen) atoms. The average molecular weight is 374 g/mol. The standard InChI is InChI=1S/C19H17F3N4O/c1-12-16(13(2)26(25-12)15-6-4-3-5-7-15)11-24-18(27)14-8-9-17(23-10-14)19(20,21)22/h3-10H,11H2,1-2H3,(H,24,27). The van der Waals surface area contributed by atoms with Crippen molar-refractivity contribution in [2.45, 2.75) is 26.6 Å². The second kappa shape index (κ2) is 7.22. The molecule has 0 radical (unpaired) electrons. The third-order valence-electron chi connectivity index (χ3n) is 4.18. The molecule has 0 aliphatic heterocycles. The Kier molecular flexibility index (Phi) is 4.98. The maximum Gasteiger partial charge on any atom is 0.433 e. The van der Waals surface area contributed by atoms with Crippen LogP contribution >= 0.6 is 0 Å². The Bertz CT molecular complexity index is 948. The van der Waals surface area contributed by atoms with Crippen molar-refractivity contribution in [1.29, 1.82) is 0 Å². The molecule has 140 valence electrons. The van der Waals surface area contributed by atoms with Crippen molar-refractivity contribution in [2.75, 3.05) is 0 Å². The molecule has 0 aliphatic rings.